The predicted octanol–water partition coefficient (Wildman–Crippen LogP) is 2.23. The third-order valence-corrected chi connectivity index (χ3v) is 5.25. The normalized spacial score (nSPS) is 18.7. The number of nitrogens with zero attached hydrogens (tertiary/aromatic N) is 4. The van der Waals surface area contributed by atoms with Crippen molar-refractivity contribution in [3.63, 3.8) is 0 Å². The van der Waals surface area contributed by atoms with E-state index >= 15 is 0 Å². The summed E-state index contributed by atoms with van der Waals surface area (Å²) < 4.78 is 0. The van der Waals surface area contributed by atoms with Crippen molar-refractivity contribution in [2.45, 2.75) is 57.9 Å². The van der Waals surface area contributed by atoms with Crippen LogP contribution in [0.15, 0.2) is 12.5 Å². The van der Waals surface area contributed by atoms with E-state index in [1.807, 2.05) is 9.80 Å². The minimum Gasteiger partial charge on any atom is -0.349 e. The lowest BCUT2D eigenvalue weighted by molar-refractivity contribution is 0.0906. The number of rotatable bonds is 4. The first-order valence-corrected chi connectivity index (χ1v) is 9.82. The molecule has 26 heavy (non-hydrogen) atoms. The highest BCUT2D eigenvalue weighted by Crippen LogP contribution is 2.17. The van der Waals surface area contributed by atoms with Gasteiger partial charge < -0.3 is 15.1 Å². The zero-order chi connectivity index (χ0) is 18.4. The van der Waals surface area contributed by atoms with Crippen molar-refractivity contribution >= 4 is 11.9 Å². The van der Waals surface area contributed by atoms with Gasteiger partial charge in [-0.2, -0.15) is 0 Å². The van der Waals surface area contributed by atoms with Gasteiger partial charge in [0, 0.05) is 38.4 Å². The van der Waals surface area contributed by atoms with Crippen LogP contribution in [0.1, 0.15) is 61.5 Å². The van der Waals surface area contributed by atoms with Crippen molar-refractivity contribution in [2.24, 2.45) is 0 Å². The number of nitrogens with one attached hydrogen (secondary N) is 1. The maximum Gasteiger partial charge on any atom is 0.319 e. The number of urea groups is 1. The highest BCUT2D eigenvalue weighted by atomic mass is 16.2. The standard InChI is InChI=1S/C19H29N5O2/c1-2-6-17-16(13-20-14-21-17)18(25)22-15-7-11-24(12-8-15)19(26)23-9-4-3-5-10-23/h13-15H,2-12H2,1H3,(H,22,25). The van der Waals surface area contributed by atoms with Crippen LogP contribution in [-0.2, 0) is 6.42 Å². The molecule has 0 aliphatic carbocycles. The van der Waals surface area contributed by atoms with Gasteiger partial charge in [0.25, 0.3) is 5.91 Å². The molecule has 2 fully saturated rings. The van der Waals surface area contributed by atoms with Crippen LogP contribution in [0.5, 0.6) is 0 Å². The molecular formula is C19H29N5O2. The maximum atomic E-state index is 12.6. The van der Waals surface area contributed by atoms with Crippen molar-refractivity contribution in [1.82, 2.24) is 25.1 Å². The Morgan fingerprint density at radius 1 is 1.12 bits per heavy atom. The Kier molecular flexibility index (Phi) is 6.41. The number of likely N-dealkylation sites (tertiary alicyclic amines) is 2. The van der Waals surface area contributed by atoms with Gasteiger partial charge in [-0.1, -0.05) is 13.3 Å². The predicted molar refractivity (Wildman–Crippen MR) is 98.9 cm³/mol. The zero-order valence-electron chi connectivity index (χ0n) is 15.6. The number of hydrogen-bond donors (Lipinski definition) is 1. The smallest absolute Gasteiger partial charge is 0.319 e. The summed E-state index contributed by atoms with van der Waals surface area (Å²) in [5, 5.41) is 3.10. The average Bonchev–Trinajstić information content (AvgIpc) is 2.69. The third kappa shape index (κ3) is 4.51. The topological polar surface area (TPSA) is 78.4 Å². The first-order valence-electron chi connectivity index (χ1n) is 9.82. The SMILES string of the molecule is CCCc1ncncc1C(=O)NC1CCN(C(=O)N2CCCCC2)CC1. The molecule has 1 aromatic rings. The monoisotopic (exact) mass is 359 g/mol. The summed E-state index contributed by atoms with van der Waals surface area (Å²) in [5.74, 6) is -0.102. The number of amides is 3. The molecule has 2 saturated heterocycles. The molecule has 7 nitrogen and oxygen atoms in total. The molecule has 2 aliphatic rings. The second-order valence-electron chi connectivity index (χ2n) is 7.20. The fourth-order valence-corrected chi connectivity index (χ4v) is 3.74. The van der Waals surface area contributed by atoms with Gasteiger partial charge in [0.1, 0.15) is 6.33 Å². The summed E-state index contributed by atoms with van der Waals surface area (Å²) >= 11 is 0. The second-order valence-corrected chi connectivity index (χ2v) is 7.20. The molecular weight excluding hydrogens is 330 g/mol. The Morgan fingerprint density at radius 3 is 2.50 bits per heavy atom. The lowest BCUT2D eigenvalue weighted by Crippen LogP contribution is -2.51. The first-order chi connectivity index (χ1) is 12.7. The van der Waals surface area contributed by atoms with E-state index in [9.17, 15) is 9.59 Å². The van der Waals surface area contributed by atoms with Gasteiger partial charge in [-0.3, -0.25) is 4.79 Å². The van der Waals surface area contributed by atoms with Gasteiger partial charge in [-0.25, -0.2) is 14.8 Å². The molecule has 0 radical (unpaired) electrons. The molecule has 3 rings (SSSR count). The Hall–Kier alpha value is -2.18. The van der Waals surface area contributed by atoms with E-state index in [1.54, 1.807) is 6.20 Å². The van der Waals surface area contributed by atoms with Crippen LogP contribution in [0.4, 0.5) is 4.79 Å². The Morgan fingerprint density at radius 2 is 1.81 bits per heavy atom. The summed E-state index contributed by atoms with van der Waals surface area (Å²) in [4.78, 5) is 37.3. The molecule has 2 aliphatic heterocycles. The molecule has 0 aromatic carbocycles. The molecule has 3 heterocycles. The van der Waals surface area contributed by atoms with Crippen LogP contribution < -0.4 is 5.32 Å². The summed E-state index contributed by atoms with van der Waals surface area (Å²) in [7, 11) is 0. The van der Waals surface area contributed by atoms with Gasteiger partial charge in [0.2, 0.25) is 0 Å². The number of carbonyl (C=O) groups excluding carboxylic acids is 2. The van der Waals surface area contributed by atoms with E-state index in [4.69, 9.17) is 0 Å². The largest absolute Gasteiger partial charge is 0.349 e. The lowest BCUT2D eigenvalue weighted by Gasteiger charge is -2.37. The van der Waals surface area contributed by atoms with Gasteiger partial charge in [0.05, 0.1) is 11.3 Å². The van der Waals surface area contributed by atoms with Crippen molar-refractivity contribution in [3.05, 3.63) is 23.8 Å². The quantitative estimate of drug-likeness (QED) is 0.894. The van der Waals surface area contributed by atoms with Gasteiger partial charge >= 0.3 is 6.03 Å². The molecule has 0 unspecified atom stereocenters. The summed E-state index contributed by atoms with van der Waals surface area (Å²) in [5.41, 5.74) is 1.37. The van der Waals surface area contributed by atoms with Crippen LogP contribution in [-0.4, -0.2) is 63.9 Å². The molecule has 0 spiro atoms. The molecule has 142 valence electrons. The average molecular weight is 359 g/mol. The Labute approximate surface area is 155 Å². The Balaban J connectivity index is 1.51. The van der Waals surface area contributed by atoms with Crippen LogP contribution >= 0.6 is 0 Å². The van der Waals surface area contributed by atoms with Gasteiger partial charge in [0.15, 0.2) is 0 Å². The highest BCUT2D eigenvalue weighted by Gasteiger charge is 2.28. The van der Waals surface area contributed by atoms with E-state index in [0.29, 0.717) is 18.7 Å². The fraction of sp³-hybridized carbons (Fsp3) is 0.684. The van der Waals surface area contributed by atoms with Crippen LogP contribution in [0, 0.1) is 0 Å². The number of carbonyl (C=O) groups is 2. The molecule has 0 saturated carbocycles. The summed E-state index contributed by atoms with van der Waals surface area (Å²) in [6.45, 7) is 5.23. The number of aryl methyl sites for hydroxylation is 1. The molecule has 1 N–H and O–H groups in total. The minimum atomic E-state index is -0.102. The van der Waals surface area contributed by atoms with Crippen LogP contribution in [0.2, 0.25) is 0 Å². The first kappa shape index (κ1) is 18.6. The maximum absolute atomic E-state index is 12.6. The van der Waals surface area contributed by atoms with E-state index < -0.39 is 0 Å². The van der Waals surface area contributed by atoms with Gasteiger partial charge in [-0.15, -0.1) is 0 Å². The lowest BCUT2D eigenvalue weighted by atomic mass is 10.0. The van der Waals surface area contributed by atoms with Crippen molar-refractivity contribution < 1.29 is 9.59 Å². The molecule has 7 heteroatoms. The van der Waals surface area contributed by atoms with Crippen molar-refractivity contribution in [1.29, 1.82) is 0 Å². The zero-order valence-corrected chi connectivity index (χ0v) is 15.6. The van der Waals surface area contributed by atoms with E-state index in [2.05, 4.69) is 22.2 Å². The fourth-order valence-electron chi connectivity index (χ4n) is 3.74. The van der Waals surface area contributed by atoms with Crippen LogP contribution in [0.25, 0.3) is 0 Å². The minimum absolute atomic E-state index is 0.0996. The number of piperidine rings is 2. The molecule has 0 atom stereocenters. The van der Waals surface area contributed by atoms with Crippen molar-refractivity contribution in [3.8, 4) is 0 Å². The molecule has 3 amide bonds. The number of hydrogen-bond acceptors (Lipinski definition) is 4. The highest BCUT2D eigenvalue weighted by molar-refractivity contribution is 5.95. The van der Waals surface area contributed by atoms with E-state index in [1.165, 1.54) is 12.7 Å². The van der Waals surface area contributed by atoms with Crippen LogP contribution in [0.3, 0.4) is 0 Å². The van der Waals surface area contributed by atoms with Gasteiger partial charge in [-0.05, 0) is 38.5 Å². The number of aromatic nitrogens is 2. The van der Waals surface area contributed by atoms with E-state index in [0.717, 1.165) is 57.3 Å². The second kappa shape index (κ2) is 8.96. The summed E-state index contributed by atoms with van der Waals surface area (Å²) in [6.07, 6.45) is 9.83. The van der Waals surface area contributed by atoms with Crippen molar-refractivity contribution in [2.75, 3.05) is 26.2 Å². The molecule has 0 bridgehead atoms. The third-order valence-electron chi connectivity index (χ3n) is 5.25. The molecule has 1 aromatic heterocycles. The Bertz CT molecular complexity index is 622. The summed E-state index contributed by atoms with van der Waals surface area (Å²) in [6, 6.07) is 0.263. The van der Waals surface area contributed by atoms with E-state index in [-0.39, 0.29) is 18.0 Å².